The molecule has 0 unspecified atom stereocenters. The molecule has 6 N–H and O–H groups in total. The van der Waals surface area contributed by atoms with Gasteiger partial charge in [0.25, 0.3) is 5.69 Å². The van der Waals surface area contributed by atoms with Crippen LogP contribution in [0.4, 0.5) is 5.69 Å². The molecule has 2 saturated heterocycles. The summed E-state index contributed by atoms with van der Waals surface area (Å²) in [7, 11) is 0. The van der Waals surface area contributed by atoms with E-state index in [-0.39, 0.29) is 23.8 Å². The summed E-state index contributed by atoms with van der Waals surface area (Å²) in [6.45, 7) is -0.183. The monoisotopic (exact) mass is 449 g/mol. The Morgan fingerprint density at radius 1 is 1.00 bits per heavy atom. The third-order valence-electron chi connectivity index (χ3n) is 4.85. The molecule has 12 nitrogen and oxygen atoms in total. The first kappa shape index (κ1) is 23.1. The predicted octanol–water partition coefficient (Wildman–Crippen LogP) is -2.05. The summed E-state index contributed by atoms with van der Waals surface area (Å²) in [5.41, 5.74) is -1.06. The SMILES string of the molecule is O=[N+]([O-])c1ccc(O[C@@H]2O[C@H](CS[C@H]3OC[C@@H](O)[C@H](O)[C@H]3O)[C@@H](O)[C@H](O)[C@H]2O)cc1. The minimum Gasteiger partial charge on any atom is -0.462 e. The van der Waals surface area contributed by atoms with Crippen molar-refractivity contribution in [3.05, 3.63) is 34.4 Å². The minimum absolute atomic E-state index is 0.00436. The normalized spacial score (nSPS) is 39.5. The fourth-order valence-electron chi connectivity index (χ4n) is 3.05. The van der Waals surface area contributed by atoms with Crippen LogP contribution in [-0.4, -0.2) is 102 Å². The lowest BCUT2D eigenvalue weighted by molar-refractivity contribution is -0.384. The molecule has 2 aliphatic heterocycles. The Morgan fingerprint density at radius 2 is 1.67 bits per heavy atom. The van der Waals surface area contributed by atoms with Gasteiger partial charge in [0.15, 0.2) is 0 Å². The summed E-state index contributed by atoms with van der Waals surface area (Å²) in [5, 5.41) is 70.4. The average molecular weight is 449 g/mol. The number of hydrogen-bond donors (Lipinski definition) is 6. The van der Waals surface area contributed by atoms with E-state index in [1.54, 1.807) is 0 Å². The molecule has 2 heterocycles. The molecule has 0 amide bonds. The lowest BCUT2D eigenvalue weighted by Gasteiger charge is -2.41. The lowest BCUT2D eigenvalue weighted by Crippen LogP contribution is -2.60. The Morgan fingerprint density at radius 3 is 2.30 bits per heavy atom. The third-order valence-corrected chi connectivity index (χ3v) is 6.11. The molecule has 1 aromatic carbocycles. The number of hydrogen-bond acceptors (Lipinski definition) is 12. The molecule has 0 aromatic heterocycles. The first-order valence-corrected chi connectivity index (χ1v) is 10.1. The number of benzene rings is 1. The maximum atomic E-state index is 10.7. The van der Waals surface area contributed by atoms with Gasteiger partial charge in [-0.3, -0.25) is 10.1 Å². The van der Waals surface area contributed by atoms with Gasteiger partial charge < -0.3 is 44.8 Å². The molecular formula is C17H23NO11S. The number of nitrogens with zero attached hydrogens (tertiary/aromatic N) is 1. The summed E-state index contributed by atoms with van der Waals surface area (Å²) >= 11 is 0.987. The van der Waals surface area contributed by atoms with E-state index in [2.05, 4.69) is 0 Å². The number of ether oxygens (including phenoxy) is 3. The number of nitro groups is 1. The van der Waals surface area contributed by atoms with Crippen LogP contribution in [0.2, 0.25) is 0 Å². The highest BCUT2D eigenvalue weighted by Crippen LogP contribution is 2.30. The highest BCUT2D eigenvalue weighted by Gasteiger charge is 2.46. The van der Waals surface area contributed by atoms with Crippen LogP contribution in [-0.2, 0) is 9.47 Å². The Labute approximate surface area is 174 Å². The number of thioether (sulfide) groups is 1. The van der Waals surface area contributed by atoms with Crippen molar-refractivity contribution < 1.29 is 49.8 Å². The minimum atomic E-state index is -1.60. The van der Waals surface area contributed by atoms with Crippen molar-refractivity contribution in [2.45, 2.75) is 54.5 Å². The lowest BCUT2D eigenvalue weighted by atomic mass is 10.00. The molecule has 2 aliphatic rings. The van der Waals surface area contributed by atoms with Crippen LogP contribution in [0.5, 0.6) is 5.75 Å². The Kier molecular flexibility index (Phi) is 7.49. The van der Waals surface area contributed by atoms with E-state index in [0.717, 1.165) is 11.8 Å². The number of rotatable bonds is 6. The smallest absolute Gasteiger partial charge is 0.269 e. The highest BCUT2D eigenvalue weighted by molar-refractivity contribution is 7.99. The van der Waals surface area contributed by atoms with E-state index in [4.69, 9.17) is 14.2 Å². The van der Waals surface area contributed by atoms with Crippen molar-refractivity contribution in [1.82, 2.24) is 0 Å². The van der Waals surface area contributed by atoms with E-state index in [0.29, 0.717) is 0 Å². The Balaban J connectivity index is 1.62. The summed E-state index contributed by atoms with van der Waals surface area (Å²) in [6.07, 6.45) is -11.1. The molecule has 0 bridgehead atoms. The molecule has 13 heteroatoms. The fourth-order valence-corrected chi connectivity index (χ4v) is 4.24. The van der Waals surface area contributed by atoms with Crippen molar-refractivity contribution in [3.63, 3.8) is 0 Å². The van der Waals surface area contributed by atoms with E-state index in [9.17, 15) is 40.8 Å². The van der Waals surface area contributed by atoms with Crippen molar-refractivity contribution in [3.8, 4) is 5.75 Å². The topological polar surface area (TPSA) is 192 Å². The van der Waals surface area contributed by atoms with E-state index in [1.165, 1.54) is 24.3 Å². The van der Waals surface area contributed by atoms with Crippen molar-refractivity contribution in [1.29, 1.82) is 0 Å². The Bertz CT molecular complexity index is 722. The number of nitro benzene ring substituents is 1. The van der Waals surface area contributed by atoms with E-state index >= 15 is 0 Å². The second-order valence-corrected chi connectivity index (χ2v) is 8.10. The zero-order chi connectivity index (χ0) is 22.0. The van der Waals surface area contributed by atoms with Gasteiger partial charge in [-0.25, -0.2) is 0 Å². The molecule has 0 radical (unpaired) electrons. The molecule has 9 atom stereocenters. The van der Waals surface area contributed by atoms with Crippen molar-refractivity contribution >= 4 is 17.4 Å². The van der Waals surface area contributed by atoms with Gasteiger partial charge in [0.1, 0.15) is 47.8 Å². The quantitative estimate of drug-likeness (QED) is 0.206. The van der Waals surface area contributed by atoms with Crippen LogP contribution in [0.1, 0.15) is 0 Å². The van der Waals surface area contributed by atoms with Gasteiger partial charge in [-0.1, -0.05) is 0 Å². The molecule has 30 heavy (non-hydrogen) atoms. The zero-order valence-corrected chi connectivity index (χ0v) is 16.3. The van der Waals surface area contributed by atoms with Crippen molar-refractivity contribution in [2.75, 3.05) is 12.4 Å². The van der Waals surface area contributed by atoms with Gasteiger partial charge in [-0.15, -0.1) is 11.8 Å². The second kappa shape index (κ2) is 9.72. The van der Waals surface area contributed by atoms with E-state index in [1.807, 2.05) is 0 Å². The van der Waals surface area contributed by atoms with Crippen LogP contribution < -0.4 is 4.74 Å². The largest absolute Gasteiger partial charge is 0.462 e. The maximum Gasteiger partial charge on any atom is 0.269 e. The maximum absolute atomic E-state index is 10.7. The molecule has 0 saturated carbocycles. The molecule has 3 rings (SSSR count). The van der Waals surface area contributed by atoms with Crippen LogP contribution >= 0.6 is 11.8 Å². The van der Waals surface area contributed by atoms with E-state index < -0.39 is 59.4 Å². The number of non-ortho nitro benzene ring substituents is 1. The molecule has 168 valence electrons. The van der Waals surface area contributed by atoms with Gasteiger partial charge in [-0.05, 0) is 12.1 Å². The standard InChI is InChI=1S/C17H23NO11S/c19-9-5-27-17(15(24)11(9)20)30-6-10-12(21)13(22)14(23)16(29-10)28-8-3-1-7(2-4-8)18(25)26/h1-4,9-17,19-24H,5-6H2/t9-,10-,11+,12-,13+,14-,15-,16-,17-/m1/s1. The number of aliphatic hydroxyl groups excluding tert-OH is 6. The molecule has 1 aromatic rings. The first-order chi connectivity index (χ1) is 14.2. The zero-order valence-electron chi connectivity index (χ0n) is 15.5. The predicted molar refractivity (Wildman–Crippen MR) is 101 cm³/mol. The second-order valence-electron chi connectivity index (χ2n) is 6.97. The molecule has 0 aliphatic carbocycles. The molecule has 2 fully saturated rings. The van der Waals surface area contributed by atoms with Crippen LogP contribution in [0.3, 0.4) is 0 Å². The van der Waals surface area contributed by atoms with Gasteiger partial charge >= 0.3 is 0 Å². The molecule has 0 spiro atoms. The Hall–Kier alpha value is -1.55. The molecular weight excluding hydrogens is 426 g/mol. The van der Waals surface area contributed by atoms with Crippen molar-refractivity contribution in [2.24, 2.45) is 0 Å². The average Bonchev–Trinajstić information content (AvgIpc) is 2.73. The van der Waals surface area contributed by atoms with Gasteiger partial charge in [-0.2, -0.15) is 0 Å². The summed E-state index contributed by atoms with van der Waals surface area (Å²) < 4.78 is 16.3. The van der Waals surface area contributed by atoms with Crippen LogP contribution in [0, 0.1) is 10.1 Å². The van der Waals surface area contributed by atoms with Crippen LogP contribution in [0.25, 0.3) is 0 Å². The van der Waals surface area contributed by atoms with Gasteiger partial charge in [0, 0.05) is 17.9 Å². The summed E-state index contributed by atoms with van der Waals surface area (Å²) in [6, 6.07) is 5.00. The van der Waals surface area contributed by atoms with Crippen LogP contribution in [0.15, 0.2) is 24.3 Å². The third kappa shape index (κ3) is 5.01. The van der Waals surface area contributed by atoms with Gasteiger partial charge in [0.2, 0.25) is 6.29 Å². The highest BCUT2D eigenvalue weighted by atomic mass is 32.2. The first-order valence-electron chi connectivity index (χ1n) is 9.07. The van der Waals surface area contributed by atoms with Gasteiger partial charge in [0.05, 0.1) is 17.6 Å². The number of aliphatic hydroxyl groups is 6. The summed E-state index contributed by atoms with van der Waals surface area (Å²) in [5.74, 6) is 0.137. The summed E-state index contributed by atoms with van der Waals surface area (Å²) in [4.78, 5) is 10.1. The fraction of sp³-hybridized carbons (Fsp3) is 0.647.